The van der Waals surface area contributed by atoms with Crippen molar-refractivity contribution in [3.63, 3.8) is 0 Å². The van der Waals surface area contributed by atoms with E-state index in [1.54, 1.807) is 0 Å². The van der Waals surface area contributed by atoms with E-state index in [-0.39, 0.29) is 11.4 Å². The van der Waals surface area contributed by atoms with E-state index in [0.717, 1.165) is 19.4 Å². The summed E-state index contributed by atoms with van der Waals surface area (Å²) in [7, 11) is 1.84. The zero-order valence-electron chi connectivity index (χ0n) is 6.53. The summed E-state index contributed by atoms with van der Waals surface area (Å²) < 4.78 is 0. The summed E-state index contributed by atoms with van der Waals surface area (Å²) in [6, 6.07) is 0. The van der Waals surface area contributed by atoms with Gasteiger partial charge in [0.25, 0.3) is 0 Å². The molecular formula is C7H14N2O. The number of amides is 1. The summed E-state index contributed by atoms with van der Waals surface area (Å²) in [6.07, 6.45) is 1.96. The van der Waals surface area contributed by atoms with Crippen LogP contribution in [0.4, 0.5) is 0 Å². The minimum Gasteiger partial charge on any atom is -0.355 e. The van der Waals surface area contributed by atoms with E-state index in [4.69, 9.17) is 0 Å². The molecule has 0 aromatic heterocycles. The van der Waals surface area contributed by atoms with Crippen molar-refractivity contribution in [1.29, 1.82) is 0 Å². The van der Waals surface area contributed by atoms with E-state index in [0.29, 0.717) is 0 Å². The monoisotopic (exact) mass is 142 g/mol. The number of rotatable bonds is 3. The standard InChI is InChI=1S/C7H14N2O/c1-3-9-6(10)7(8-2)4-5-7/h8H,3-5H2,1-2H3,(H,9,10). The molecule has 0 unspecified atom stereocenters. The molecule has 0 radical (unpaired) electrons. The predicted molar refractivity (Wildman–Crippen MR) is 39.7 cm³/mol. The van der Waals surface area contributed by atoms with Crippen LogP contribution in [-0.4, -0.2) is 25.0 Å². The van der Waals surface area contributed by atoms with Gasteiger partial charge in [0.05, 0.1) is 5.54 Å². The fourth-order valence-corrected chi connectivity index (χ4v) is 1.05. The zero-order chi connectivity index (χ0) is 7.61. The molecule has 1 rings (SSSR count). The van der Waals surface area contributed by atoms with Crippen molar-refractivity contribution in [3.8, 4) is 0 Å². The van der Waals surface area contributed by atoms with Gasteiger partial charge in [0.15, 0.2) is 0 Å². The van der Waals surface area contributed by atoms with Crippen LogP contribution in [-0.2, 0) is 4.79 Å². The maximum Gasteiger partial charge on any atom is 0.240 e. The zero-order valence-corrected chi connectivity index (χ0v) is 6.53. The highest BCUT2D eigenvalue weighted by Gasteiger charge is 2.48. The van der Waals surface area contributed by atoms with E-state index in [1.807, 2.05) is 14.0 Å². The Morgan fingerprint density at radius 3 is 2.50 bits per heavy atom. The van der Waals surface area contributed by atoms with Gasteiger partial charge < -0.3 is 10.6 Å². The van der Waals surface area contributed by atoms with Gasteiger partial charge >= 0.3 is 0 Å². The van der Waals surface area contributed by atoms with E-state index in [1.165, 1.54) is 0 Å². The van der Waals surface area contributed by atoms with E-state index >= 15 is 0 Å². The van der Waals surface area contributed by atoms with Gasteiger partial charge in [-0.2, -0.15) is 0 Å². The smallest absolute Gasteiger partial charge is 0.240 e. The molecule has 1 amide bonds. The summed E-state index contributed by atoms with van der Waals surface area (Å²) in [5, 5.41) is 5.82. The van der Waals surface area contributed by atoms with Gasteiger partial charge in [0.1, 0.15) is 0 Å². The molecule has 0 aliphatic heterocycles. The Balaban J connectivity index is 2.40. The van der Waals surface area contributed by atoms with E-state index in [2.05, 4.69) is 10.6 Å². The molecule has 1 fully saturated rings. The molecule has 3 heteroatoms. The first kappa shape index (κ1) is 7.54. The third-order valence-electron chi connectivity index (χ3n) is 2.00. The third-order valence-corrected chi connectivity index (χ3v) is 2.00. The highest BCUT2D eigenvalue weighted by Crippen LogP contribution is 2.34. The van der Waals surface area contributed by atoms with Crippen LogP contribution < -0.4 is 10.6 Å². The molecule has 2 N–H and O–H groups in total. The fraction of sp³-hybridized carbons (Fsp3) is 0.857. The van der Waals surface area contributed by atoms with Crippen molar-refractivity contribution in [1.82, 2.24) is 10.6 Å². The van der Waals surface area contributed by atoms with Gasteiger partial charge in [-0.25, -0.2) is 0 Å². The molecule has 0 aromatic carbocycles. The van der Waals surface area contributed by atoms with Gasteiger partial charge in [-0.1, -0.05) is 0 Å². The summed E-state index contributed by atoms with van der Waals surface area (Å²) in [4.78, 5) is 11.2. The Bertz CT molecular complexity index is 141. The Hall–Kier alpha value is -0.570. The SMILES string of the molecule is CCNC(=O)C1(NC)CC1. The van der Waals surface area contributed by atoms with Crippen LogP contribution in [0.3, 0.4) is 0 Å². The normalized spacial score (nSPS) is 20.2. The first-order valence-electron chi connectivity index (χ1n) is 3.72. The lowest BCUT2D eigenvalue weighted by Gasteiger charge is -2.12. The molecule has 1 aliphatic carbocycles. The Morgan fingerprint density at radius 1 is 1.60 bits per heavy atom. The Kier molecular flexibility index (Phi) is 1.94. The predicted octanol–water partition coefficient (Wildman–Crippen LogP) is -0.126. The van der Waals surface area contributed by atoms with Crippen molar-refractivity contribution in [2.24, 2.45) is 0 Å². The average Bonchev–Trinajstić information content (AvgIpc) is 2.68. The van der Waals surface area contributed by atoms with Crippen LogP contribution in [0.1, 0.15) is 19.8 Å². The van der Waals surface area contributed by atoms with Gasteiger partial charge in [0, 0.05) is 6.54 Å². The molecule has 58 valence electrons. The largest absolute Gasteiger partial charge is 0.355 e. The van der Waals surface area contributed by atoms with Crippen molar-refractivity contribution in [3.05, 3.63) is 0 Å². The van der Waals surface area contributed by atoms with Gasteiger partial charge in [0.2, 0.25) is 5.91 Å². The molecule has 0 aromatic rings. The van der Waals surface area contributed by atoms with E-state index < -0.39 is 0 Å². The van der Waals surface area contributed by atoms with Crippen molar-refractivity contribution >= 4 is 5.91 Å². The summed E-state index contributed by atoms with van der Waals surface area (Å²) in [5.74, 6) is 0.150. The lowest BCUT2D eigenvalue weighted by molar-refractivity contribution is -0.123. The fourth-order valence-electron chi connectivity index (χ4n) is 1.05. The van der Waals surface area contributed by atoms with Crippen molar-refractivity contribution in [2.75, 3.05) is 13.6 Å². The topological polar surface area (TPSA) is 41.1 Å². The third kappa shape index (κ3) is 1.14. The molecule has 1 aliphatic rings. The minimum absolute atomic E-state index is 0.150. The average molecular weight is 142 g/mol. The number of hydrogen-bond donors (Lipinski definition) is 2. The molecule has 0 heterocycles. The highest BCUT2D eigenvalue weighted by atomic mass is 16.2. The van der Waals surface area contributed by atoms with Crippen LogP contribution >= 0.6 is 0 Å². The molecule has 0 saturated heterocycles. The van der Waals surface area contributed by atoms with Gasteiger partial charge in [-0.15, -0.1) is 0 Å². The molecule has 1 saturated carbocycles. The van der Waals surface area contributed by atoms with Crippen LogP contribution in [0.15, 0.2) is 0 Å². The molecule has 10 heavy (non-hydrogen) atoms. The van der Waals surface area contributed by atoms with Crippen LogP contribution in [0.2, 0.25) is 0 Å². The minimum atomic E-state index is -0.198. The summed E-state index contributed by atoms with van der Waals surface area (Å²) >= 11 is 0. The second-order valence-electron chi connectivity index (χ2n) is 2.69. The van der Waals surface area contributed by atoms with E-state index in [9.17, 15) is 4.79 Å². The maximum atomic E-state index is 11.2. The Labute approximate surface area is 61.2 Å². The van der Waals surface area contributed by atoms with Gasteiger partial charge in [-0.3, -0.25) is 4.79 Å². The number of likely N-dealkylation sites (N-methyl/N-ethyl adjacent to an activating group) is 2. The Morgan fingerprint density at radius 2 is 2.20 bits per heavy atom. The molecule has 0 bridgehead atoms. The van der Waals surface area contributed by atoms with Crippen LogP contribution in [0.5, 0.6) is 0 Å². The molecule has 0 spiro atoms. The second-order valence-corrected chi connectivity index (χ2v) is 2.69. The second kappa shape index (κ2) is 2.58. The number of carbonyl (C=O) groups is 1. The number of carbonyl (C=O) groups excluding carboxylic acids is 1. The summed E-state index contributed by atoms with van der Waals surface area (Å²) in [6.45, 7) is 2.66. The lowest BCUT2D eigenvalue weighted by atomic mass is 10.2. The first-order valence-corrected chi connectivity index (χ1v) is 3.72. The molecular weight excluding hydrogens is 128 g/mol. The summed E-state index contributed by atoms with van der Waals surface area (Å²) in [5.41, 5.74) is -0.198. The van der Waals surface area contributed by atoms with Crippen molar-refractivity contribution < 1.29 is 4.79 Å². The quantitative estimate of drug-likeness (QED) is 0.576. The number of nitrogens with one attached hydrogen (secondary N) is 2. The lowest BCUT2D eigenvalue weighted by Crippen LogP contribution is -2.44. The maximum absolute atomic E-state index is 11.2. The van der Waals surface area contributed by atoms with Crippen LogP contribution in [0, 0.1) is 0 Å². The molecule has 3 nitrogen and oxygen atoms in total. The van der Waals surface area contributed by atoms with Crippen LogP contribution in [0.25, 0.3) is 0 Å². The first-order chi connectivity index (χ1) is 4.75. The highest BCUT2D eigenvalue weighted by molar-refractivity contribution is 5.89. The number of hydrogen-bond acceptors (Lipinski definition) is 2. The molecule has 0 atom stereocenters. The van der Waals surface area contributed by atoms with Gasteiger partial charge in [-0.05, 0) is 26.8 Å². The van der Waals surface area contributed by atoms with Crippen molar-refractivity contribution in [2.45, 2.75) is 25.3 Å².